The Morgan fingerprint density at radius 3 is 3.22 bits per heavy atom. The molecular formula is C6H13NOS. The summed E-state index contributed by atoms with van der Waals surface area (Å²) in [4.78, 5) is 0. The molecule has 0 aliphatic carbocycles. The maximum absolute atomic E-state index is 5.44. The first-order valence-corrected chi connectivity index (χ1v) is 4.43. The molecule has 54 valence electrons. The van der Waals surface area contributed by atoms with Crippen LogP contribution in [0.3, 0.4) is 0 Å². The molecule has 1 N–H and O–H groups in total. The van der Waals surface area contributed by atoms with Crippen LogP contribution in [-0.2, 0) is 4.74 Å². The molecule has 1 unspecified atom stereocenters. The first-order valence-electron chi connectivity index (χ1n) is 3.27. The molecule has 0 amide bonds. The van der Waals surface area contributed by atoms with Crippen LogP contribution in [0, 0.1) is 0 Å². The van der Waals surface area contributed by atoms with Crippen molar-refractivity contribution in [3.05, 3.63) is 0 Å². The van der Waals surface area contributed by atoms with Gasteiger partial charge in [-0.05, 0) is 7.05 Å². The molecule has 0 radical (unpaired) electrons. The number of thioether (sulfide) groups is 1. The number of rotatable bonds is 2. The Morgan fingerprint density at radius 1 is 1.78 bits per heavy atom. The van der Waals surface area contributed by atoms with Gasteiger partial charge in [0.15, 0.2) is 0 Å². The van der Waals surface area contributed by atoms with Crippen LogP contribution in [0.1, 0.15) is 0 Å². The van der Waals surface area contributed by atoms with E-state index in [9.17, 15) is 0 Å². The molecular weight excluding hydrogens is 134 g/mol. The number of nitrogens with one attached hydrogen (secondary N) is 1. The molecule has 1 rings (SSSR count). The maximum Gasteiger partial charge on any atom is 0.0789 e. The van der Waals surface area contributed by atoms with Gasteiger partial charge in [0.2, 0.25) is 0 Å². The Bertz CT molecular complexity index is 70.7. The number of hydrogen-bond donors (Lipinski definition) is 1. The van der Waals surface area contributed by atoms with Gasteiger partial charge in [-0.3, -0.25) is 0 Å². The topological polar surface area (TPSA) is 21.3 Å². The molecule has 0 aromatic rings. The summed E-state index contributed by atoms with van der Waals surface area (Å²) >= 11 is 1.98. The summed E-state index contributed by atoms with van der Waals surface area (Å²) in [5.41, 5.74) is 0. The van der Waals surface area contributed by atoms with Gasteiger partial charge in [0.05, 0.1) is 12.7 Å². The summed E-state index contributed by atoms with van der Waals surface area (Å²) in [5, 5.41) is 3.10. The van der Waals surface area contributed by atoms with E-state index in [1.807, 2.05) is 18.8 Å². The normalized spacial score (nSPS) is 28.3. The monoisotopic (exact) mass is 147 g/mol. The largest absolute Gasteiger partial charge is 0.375 e. The molecule has 1 atom stereocenters. The molecule has 3 heteroatoms. The second-order valence-corrected chi connectivity index (χ2v) is 3.28. The summed E-state index contributed by atoms with van der Waals surface area (Å²) in [6.45, 7) is 1.92. The molecule has 1 heterocycles. The van der Waals surface area contributed by atoms with Crippen molar-refractivity contribution in [3.63, 3.8) is 0 Å². The van der Waals surface area contributed by atoms with Gasteiger partial charge in [-0.2, -0.15) is 11.8 Å². The van der Waals surface area contributed by atoms with Crippen molar-refractivity contribution in [3.8, 4) is 0 Å². The number of likely N-dealkylation sites (N-methyl/N-ethyl adjacent to an activating group) is 1. The highest BCUT2D eigenvalue weighted by Gasteiger charge is 2.11. The van der Waals surface area contributed by atoms with E-state index < -0.39 is 0 Å². The number of ether oxygens (including phenoxy) is 1. The fraction of sp³-hybridized carbons (Fsp3) is 1.00. The van der Waals surface area contributed by atoms with E-state index >= 15 is 0 Å². The molecule has 0 aromatic carbocycles. The predicted octanol–water partition coefficient (Wildman–Crippen LogP) is 0.338. The lowest BCUT2D eigenvalue weighted by atomic mass is 10.4. The third-order valence-corrected chi connectivity index (χ3v) is 2.38. The van der Waals surface area contributed by atoms with Crippen molar-refractivity contribution in [1.82, 2.24) is 5.32 Å². The summed E-state index contributed by atoms with van der Waals surface area (Å²) in [5.74, 6) is 2.32. The Labute approximate surface area is 60.3 Å². The lowest BCUT2D eigenvalue weighted by Gasteiger charge is -2.21. The first-order chi connectivity index (χ1) is 4.43. The molecule has 9 heavy (non-hydrogen) atoms. The zero-order chi connectivity index (χ0) is 6.53. The van der Waals surface area contributed by atoms with Gasteiger partial charge < -0.3 is 10.1 Å². The molecule has 0 bridgehead atoms. The number of hydrogen-bond acceptors (Lipinski definition) is 3. The quantitative estimate of drug-likeness (QED) is 0.608. The minimum atomic E-state index is 0.453. The SMILES string of the molecule is CNCC1CSCCO1. The molecule has 0 saturated carbocycles. The van der Waals surface area contributed by atoms with Gasteiger partial charge >= 0.3 is 0 Å². The highest BCUT2D eigenvalue weighted by Crippen LogP contribution is 2.11. The van der Waals surface area contributed by atoms with Crippen LogP contribution in [0.15, 0.2) is 0 Å². The highest BCUT2D eigenvalue weighted by atomic mass is 32.2. The maximum atomic E-state index is 5.44. The van der Waals surface area contributed by atoms with E-state index in [-0.39, 0.29) is 0 Å². The molecule has 1 aliphatic heterocycles. The van der Waals surface area contributed by atoms with Crippen molar-refractivity contribution >= 4 is 11.8 Å². The Morgan fingerprint density at radius 2 is 2.67 bits per heavy atom. The Balaban J connectivity index is 2.08. The molecule has 2 nitrogen and oxygen atoms in total. The van der Waals surface area contributed by atoms with E-state index in [4.69, 9.17) is 4.74 Å². The van der Waals surface area contributed by atoms with Crippen LogP contribution in [-0.4, -0.2) is 37.8 Å². The molecule has 1 saturated heterocycles. The fourth-order valence-corrected chi connectivity index (χ4v) is 1.74. The van der Waals surface area contributed by atoms with E-state index in [0.29, 0.717) is 6.10 Å². The van der Waals surface area contributed by atoms with Gasteiger partial charge in [-0.25, -0.2) is 0 Å². The zero-order valence-electron chi connectivity index (χ0n) is 5.72. The van der Waals surface area contributed by atoms with Crippen molar-refractivity contribution < 1.29 is 4.74 Å². The van der Waals surface area contributed by atoms with Crippen LogP contribution in [0.2, 0.25) is 0 Å². The molecule has 0 spiro atoms. The van der Waals surface area contributed by atoms with E-state index in [1.54, 1.807) is 0 Å². The highest BCUT2D eigenvalue weighted by molar-refractivity contribution is 7.99. The standard InChI is InChI=1S/C6H13NOS/c1-7-4-6-5-9-3-2-8-6/h6-7H,2-5H2,1H3. The van der Waals surface area contributed by atoms with Gasteiger partial charge in [0, 0.05) is 18.1 Å². The van der Waals surface area contributed by atoms with Gasteiger partial charge in [-0.15, -0.1) is 0 Å². The van der Waals surface area contributed by atoms with Crippen LogP contribution in [0.4, 0.5) is 0 Å². The second kappa shape index (κ2) is 4.14. The van der Waals surface area contributed by atoms with Crippen molar-refractivity contribution in [2.24, 2.45) is 0 Å². The van der Waals surface area contributed by atoms with Crippen LogP contribution in [0.25, 0.3) is 0 Å². The third kappa shape index (κ3) is 2.56. The van der Waals surface area contributed by atoms with Crippen LogP contribution < -0.4 is 5.32 Å². The smallest absolute Gasteiger partial charge is 0.0789 e. The predicted molar refractivity (Wildman–Crippen MR) is 41.0 cm³/mol. The van der Waals surface area contributed by atoms with Crippen LogP contribution >= 0.6 is 11.8 Å². The van der Waals surface area contributed by atoms with Crippen LogP contribution in [0.5, 0.6) is 0 Å². The Hall–Kier alpha value is 0.270. The van der Waals surface area contributed by atoms with Gasteiger partial charge in [0.25, 0.3) is 0 Å². The summed E-state index contributed by atoms with van der Waals surface area (Å²) < 4.78 is 5.44. The molecule has 1 fully saturated rings. The van der Waals surface area contributed by atoms with Crippen molar-refractivity contribution in [2.75, 3.05) is 31.7 Å². The fourth-order valence-electron chi connectivity index (χ4n) is 0.882. The zero-order valence-corrected chi connectivity index (χ0v) is 6.54. The summed E-state index contributed by atoms with van der Waals surface area (Å²) in [7, 11) is 1.96. The van der Waals surface area contributed by atoms with E-state index in [2.05, 4.69) is 5.32 Å². The van der Waals surface area contributed by atoms with E-state index in [0.717, 1.165) is 18.9 Å². The molecule has 1 aliphatic rings. The third-order valence-electron chi connectivity index (χ3n) is 1.32. The average molecular weight is 147 g/mol. The summed E-state index contributed by atoms with van der Waals surface area (Å²) in [6, 6.07) is 0. The average Bonchev–Trinajstić information content (AvgIpc) is 1.91. The van der Waals surface area contributed by atoms with Crippen molar-refractivity contribution in [2.45, 2.75) is 6.10 Å². The summed E-state index contributed by atoms with van der Waals surface area (Å²) in [6.07, 6.45) is 0.453. The first kappa shape index (κ1) is 7.38. The second-order valence-electron chi connectivity index (χ2n) is 2.13. The lowest BCUT2D eigenvalue weighted by molar-refractivity contribution is 0.0769. The minimum absolute atomic E-state index is 0.453. The van der Waals surface area contributed by atoms with Crippen molar-refractivity contribution in [1.29, 1.82) is 0 Å². The van der Waals surface area contributed by atoms with Gasteiger partial charge in [-0.1, -0.05) is 0 Å². The lowest BCUT2D eigenvalue weighted by Crippen LogP contribution is -2.32. The van der Waals surface area contributed by atoms with Gasteiger partial charge in [0.1, 0.15) is 0 Å². The van der Waals surface area contributed by atoms with E-state index in [1.165, 1.54) is 5.75 Å². The minimum Gasteiger partial charge on any atom is -0.375 e. The molecule has 0 aromatic heterocycles. The Kier molecular flexibility index (Phi) is 3.40.